The SMILES string of the molecule is Cc1cc(CNCCCCCCCCCNc2cccc3c2C(=O)N(C2CCC(=O)NC2=O)C3=O)cc(C)c1-c1ncn(C)c1-c1ccnc2cc(F)ccc12. The Morgan fingerprint density at radius 1 is 0.821 bits per heavy atom. The van der Waals surface area contributed by atoms with Gasteiger partial charge in [-0.2, -0.15) is 0 Å². The van der Waals surface area contributed by atoms with Crippen molar-refractivity contribution in [3.05, 3.63) is 101 Å². The maximum atomic E-state index is 14.0. The molecule has 0 bridgehead atoms. The number of fused-ring (bicyclic) bond motifs is 2. The number of carbonyl (C=O) groups excluding carboxylic acids is 4. The zero-order valence-electron chi connectivity index (χ0n) is 32.2. The molecule has 11 nitrogen and oxygen atoms in total. The van der Waals surface area contributed by atoms with Crippen molar-refractivity contribution in [3.63, 3.8) is 0 Å². The average Bonchev–Trinajstić information content (AvgIpc) is 3.66. The van der Waals surface area contributed by atoms with Gasteiger partial charge < -0.3 is 15.2 Å². The van der Waals surface area contributed by atoms with Crippen LogP contribution in [0.3, 0.4) is 0 Å². The van der Waals surface area contributed by atoms with E-state index in [2.05, 4.69) is 46.9 Å². The second-order valence-corrected chi connectivity index (χ2v) is 14.9. The summed E-state index contributed by atoms with van der Waals surface area (Å²) in [4.78, 5) is 60.5. The molecule has 5 aromatic rings. The van der Waals surface area contributed by atoms with Gasteiger partial charge in [0.15, 0.2) is 0 Å². The number of nitrogens with one attached hydrogen (secondary N) is 3. The van der Waals surface area contributed by atoms with Crippen LogP contribution in [0.1, 0.15) is 95.2 Å². The van der Waals surface area contributed by atoms with Crippen molar-refractivity contribution in [2.45, 2.75) is 84.2 Å². The van der Waals surface area contributed by atoms with Crippen LogP contribution in [-0.4, -0.2) is 62.2 Å². The van der Waals surface area contributed by atoms with Crippen molar-refractivity contribution in [1.29, 1.82) is 0 Å². The minimum absolute atomic E-state index is 0.0936. The highest BCUT2D eigenvalue weighted by Gasteiger charge is 2.45. The molecule has 4 amide bonds. The summed E-state index contributed by atoms with van der Waals surface area (Å²) in [6.07, 6.45) is 11.5. The summed E-state index contributed by atoms with van der Waals surface area (Å²) >= 11 is 0. The normalized spacial score (nSPS) is 15.5. The summed E-state index contributed by atoms with van der Waals surface area (Å²) in [5.74, 6) is -2.29. The molecular formula is C44H48FN7O4. The molecule has 4 heterocycles. The first-order valence-electron chi connectivity index (χ1n) is 19.6. The number of benzene rings is 3. The lowest BCUT2D eigenvalue weighted by molar-refractivity contribution is -0.136. The monoisotopic (exact) mass is 757 g/mol. The summed E-state index contributed by atoms with van der Waals surface area (Å²) in [7, 11) is 1.98. The van der Waals surface area contributed by atoms with E-state index in [-0.39, 0.29) is 24.2 Å². The lowest BCUT2D eigenvalue weighted by Crippen LogP contribution is -2.54. The molecule has 2 aromatic heterocycles. The van der Waals surface area contributed by atoms with Crippen LogP contribution in [0, 0.1) is 19.7 Å². The maximum absolute atomic E-state index is 14.0. The molecule has 3 aromatic carbocycles. The number of unbranched alkanes of at least 4 members (excludes halogenated alkanes) is 6. The topological polar surface area (TPSA) is 138 Å². The van der Waals surface area contributed by atoms with Gasteiger partial charge in [0.05, 0.1) is 34.4 Å². The number of piperidine rings is 1. The molecule has 0 radical (unpaired) electrons. The Balaban J connectivity index is 0.817. The number of halogens is 1. The number of hydrogen-bond donors (Lipinski definition) is 3. The summed E-state index contributed by atoms with van der Waals surface area (Å²) in [6.45, 7) is 6.69. The van der Waals surface area contributed by atoms with Gasteiger partial charge in [-0.05, 0) is 86.7 Å². The first-order valence-corrected chi connectivity index (χ1v) is 19.6. The number of carbonyl (C=O) groups is 4. The third kappa shape index (κ3) is 7.97. The molecule has 1 saturated heterocycles. The molecule has 12 heteroatoms. The molecule has 3 N–H and O–H groups in total. The standard InChI is InChI=1S/C44H48FN7O4/c1-27-22-29(23-28(2)38(27)40-41(51(3)26-49-40)32-18-21-48-35-24-30(45)14-15-31(32)35)25-46-19-9-7-5-4-6-8-10-20-47-34-13-11-12-33-39(34)44(56)52(43(33)55)36-16-17-37(53)50-42(36)54/h11-15,18,21-24,26,36,46-47H,4-10,16-17,19-20,25H2,1-3H3,(H,50,53,54). The minimum atomic E-state index is -0.972. The number of rotatable bonds is 16. The molecule has 290 valence electrons. The number of pyridine rings is 1. The zero-order chi connectivity index (χ0) is 39.3. The number of aryl methyl sites for hydroxylation is 3. The fraction of sp³-hybridized carbons (Fsp3) is 0.364. The van der Waals surface area contributed by atoms with Crippen LogP contribution in [0.4, 0.5) is 10.1 Å². The van der Waals surface area contributed by atoms with Crippen LogP contribution in [-0.2, 0) is 23.2 Å². The van der Waals surface area contributed by atoms with Crippen molar-refractivity contribution in [2.24, 2.45) is 7.05 Å². The quantitative estimate of drug-likeness (QED) is 0.0700. The Kier molecular flexibility index (Phi) is 11.7. The maximum Gasteiger partial charge on any atom is 0.264 e. The lowest BCUT2D eigenvalue weighted by atomic mass is 9.93. The van der Waals surface area contributed by atoms with Crippen LogP contribution in [0.25, 0.3) is 33.4 Å². The number of hydrogen-bond acceptors (Lipinski definition) is 8. The molecule has 0 aliphatic carbocycles. The predicted molar refractivity (Wildman–Crippen MR) is 214 cm³/mol. The summed E-state index contributed by atoms with van der Waals surface area (Å²) in [5, 5.41) is 10.1. The van der Waals surface area contributed by atoms with Gasteiger partial charge in [0.25, 0.3) is 11.8 Å². The molecule has 2 aliphatic rings. The predicted octanol–water partition coefficient (Wildman–Crippen LogP) is 7.39. The first kappa shape index (κ1) is 38.5. The van der Waals surface area contributed by atoms with Crippen LogP contribution in [0.5, 0.6) is 0 Å². The van der Waals surface area contributed by atoms with Crippen molar-refractivity contribution in [3.8, 4) is 22.5 Å². The third-order valence-corrected chi connectivity index (χ3v) is 10.9. The number of anilines is 1. The van der Waals surface area contributed by atoms with Gasteiger partial charge in [-0.3, -0.25) is 34.4 Å². The molecule has 56 heavy (non-hydrogen) atoms. The fourth-order valence-corrected chi connectivity index (χ4v) is 8.16. The fourth-order valence-electron chi connectivity index (χ4n) is 8.16. The van der Waals surface area contributed by atoms with Crippen molar-refractivity contribution in [1.82, 2.24) is 30.1 Å². The van der Waals surface area contributed by atoms with Gasteiger partial charge in [0.2, 0.25) is 11.8 Å². The molecule has 1 fully saturated rings. The van der Waals surface area contributed by atoms with E-state index in [9.17, 15) is 23.6 Å². The summed E-state index contributed by atoms with van der Waals surface area (Å²) in [6, 6.07) is 15.3. The van der Waals surface area contributed by atoms with Crippen LogP contribution in [0.15, 0.2) is 67.1 Å². The Morgan fingerprint density at radius 2 is 1.55 bits per heavy atom. The highest BCUT2D eigenvalue weighted by atomic mass is 19.1. The van der Waals surface area contributed by atoms with Gasteiger partial charge in [-0.15, -0.1) is 0 Å². The van der Waals surface area contributed by atoms with Gasteiger partial charge >= 0.3 is 0 Å². The number of imide groups is 2. The Morgan fingerprint density at radius 3 is 2.30 bits per heavy atom. The molecule has 0 spiro atoms. The van der Waals surface area contributed by atoms with Crippen LogP contribution >= 0.6 is 0 Å². The van der Waals surface area contributed by atoms with E-state index in [0.29, 0.717) is 23.3 Å². The van der Waals surface area contributed by atoms with Gasteiger partial charge in [-0.25, -0.2) is 9.37 Å². The molecule has 0 saturated carbocycles. The van der Waals surface area contributed by atoms with Crippen LogP contribution in [0.2, 0.25) is 0 Å². The van der Waals surface area contributed by atoms with E-state index in [0.717, 1.165) is 95.5 Å². The van der Waals surface area contributed by atoms with Crippen molar-refractivity contribution in [2.75, 3.05) is 18.4 Å². The third-order valence-electron chi connectivity index (χ3n) is 10.9. The average molecular weight is 758 g/mol. The molecule has 2 aliphatic heterocycles. The van der Waals surface area contributed by atoms with E-state index in [1.54, 1.807) is 30.5 Å². The van der Waals surface area contributed by atoms with E-state index in [4.69, 9.17) is 4.98 Å². The number of aromatic nitrogens is 3. The van der Waals surface area contributed by atoms with Gasteiger partial charge in [-0.1, -0.05) is 50.3 Å². The molecule has 1 atom stereocenters. The van der Waals surface area contributed by atoms with Crippen LogP contribution < -0.4 is 16.0 Å². The van der Waals surface area contributed by atoms with Crippen molar-refractivity contribution >= 4 is 40.2 Å². The minimum Gasteiger partial charge on any atom is -0.384 e. The summed E-state index contributed by atoms with van der Waals surface area (Å²) < 4.78 is 16.0. The summed E-state index contributed by atoms with van der Waals surface area (Å²) in [5.41, 5.74) is 9.33. The second kappa shape index (κ2) is 16.9. The Labute approximate surface area is 326 Å². The number of imidazole rings is 1. The Bertz CT molecular complexity index is 2300. The second-order valence-electron chi connectivity index (χ2n) is 14.9. The lowest BCUT2D eigenvalue weighted by Gasteiger charge is -2.27. The Hall–Kier alpha value is -5.75. The number of nitrogens with zero attached hydrogens (tertiary/aromatic N) is 4. The van der Waals surface area contributed by atoms with Gasteiger partial charge in [0.1, 0.15) is 11.9 Å². The molecular weight excluding hydrogens is 710 g/mol. The van der Waals surface area contributed by atoms with E-state index < -0.39 is 29.7 Å². The highest BCUT2D eigenvalue weighted by molar-refractivity contribution is 6.25. The first-order chi connectivity index (χ1) is 27.1. The zero-order valence-corrected chi connectivity index (χ0v) is 32.2. The number of amides is 4. The highest BCUT2D eigenvalue weighted by Crippen LogP contribution is 2.38. The van der Waals surface area contributed by atoms with Gasteiger partial charge in [0, 0.05) is 61.0 Å². The van der Waals surface area contributed by atoms with E-state index >= 15 is 0 Å². The van der Waals surface area contributed by atoms with E-state index in [1.165, 1.54) is 24.1 Å². The smallest absolute Gasteiger partial charge is 0.264 e. The molecule has 1 unspecified atom stereocenters. The molecule has 7 rings (SSSR count). The van der Waals surface area contributed by atoms with Crippen molar-refractivity contribution < 1.29 is 23.6 Å². The van der Waals surface area contributed by atoms with E-state index in [1.807, 2.05) is 24.0 Å². The largest absolute Gasteiger partial charge is 0.384 e.